The van der Waals surface area contributed by atoms with Gasteiger partial charge in [0.05, 0.1) is 30.1 Å². The second-order valence-electron chi connectivity index (χ2n) is 8.26. The number of rotatable bonds is 8. The lowest BCUT2D eigenvalue weighted by Gasteiger charge is -2.30. The maximum absolute atomic E-state index is 13.2. The van der Waals surface area contributed by atoms with Crippen LogP contribution in [0.5, 0.6) is 5.75 Å². The summed E-state index contributed by atoms with van der Waals surface area (Å²) in [4.78, 5) is 13.2. The van der Waals surface area contributed by atoms with E-state index in [-0.39, 0.29) is 17.0 Å². The van der Waals surface area contributed by atoms with Gasteiger partial charge in [0, 0.05) is 0 Å². The Hall–Kier alpha value is -2.25. The highest BCUT2D eigenvalue weighted by Gasteiger charge is 2.31. The minimum absolute atomic E-state index is 0.196. The minimum Gasteiger partial charge on any atom is -0.495 e. The molecule has 0 aliphatic heterocycles. The van der Waals surface area contributed by atoms with Crippen LogP contribution in [0.25, 0.3) is 0 Å². The third-order valence-corrected chi connectivity index (χ3v) is 7.52. The fourth-order valence-corrected chi connectivity index (χ4v) is 5.70. The first kappa shape index (κ1) is 24.4. The first-order valence-corrected chi connectivity index (χ1v) is 13.1. The Bertz CT molecular complexity index is 1090. The second-order valence-corrected chi connectivity index (χ2v) is 10.5. The van der Waals surface area contributed by atoms with Crippen LogP contribution in [0, 0.1) is 0 Å². The molecule has 2 aromatic carbocycles. The van der Waals surface area contributed by atoms with Crippen LogP contribution in [0.1, 0.15) is 55.8 Å². The highest BCUT2D eigenvalue weighted by molar-refractivity contribution is 7.92. The van der Waals surface area contributed by atoms with Crippen LogP contribution in [0.4, 0.5) is 5.69 Å². The Kier molecular flexibility index (Phi) is 7.72. The number of aryl methyl sites for hydroxylation is 2. The average Bonchev–Trinajstić information content (AvgIpc) is 2.76. The molecule has 0 radical (unpaired) electrons. The zero-order chi connectivity index (χ0) is 23.5. The van der Waals surface area contributed by atoms with E-state index in [2.05, 4.69) is 23.5 Å². The number of halogens is 1. The summed E-state index contributed by atoms with van der Waals surface area (Å²) >= 11 is 6.21. The molecule has 8 heteroatoms. The molecule has 0 spiro atoms. The third-order valence-electron chi connectivity index (χ3n) is 5.98. The van der Waals surface area contributed by atoms with Crippen molar-refractivity contribution in [1.82, 2.24) is 5.32 Å². The molecule has 3 rings (SSSR count). The van der Waals surface area contributed by atoms with Gasteiger partial charge in [0.2, 0.25) is 15.9 Å². The van der Waals surface area contributed by atoms with E-state index in [1.165, 1.54) is 37.1 Å². The van der Waals surface area contributed by atoms with Crippen LogP contribution in [0.15, 0.2) is 36.4 Å². The predicted octanol–water partition coefficient (Wildman–Crippen LogP) is 4.65. The van der Waals surface area contributed by atoms with Crippen molar-refractivity contribution < 1.29 is 17.9 Å². The molecule has 6 nitrogen and oxygen atoms in total. The molecular weight excluding hydrogens is 448 g/mol. The molecule has 1 aliphatic carbocycles. The monoisotopic (exact) mass is 478 g/mol. The fraction of sp³-hybridized carbons (Fsp3) is 0.458. The van der Waals surface area contributed by atoms with Crippen molar-refractivity contribution in [2.45, 2.75) is 58.0 Å². The van der Waals surface area contributed by atoms with E-state index in [1.807, 2.05) is 6.92 Å². The van der Waals surface area contributed by atoms with Crippen molar-refractivity contribution in [3.05, 3.63) is 58.1 Å². The maximum atomic E-state index is 13.2. The summed E-state index contributed by atoms with van der Waals surface area (Å²) in [6.45, 7) is 3.58. The van der Waals surface area contributed by atoms with E-state index in [4.69, 9.17) is 16.3 Å². The first-order chi connectivity index (χ1) is 15.2. The lowest BCUT2D eigenvalue weighted by molar-refractivity contribution is -0.122. The van der Waals surface area contributed by atoms with Crippen LogP contribution in [0.2, 0.25) is 5.02 Å². The van der Waals surface area contributed by atoms with Crippen molar-refractivity contribution in [2.75, 3.05) is 17.7 Å². The van der Waals surface area contributed by atoms with Crippen molar-refractivity contribution >= 4 is 33.2 Å². The normalized spacial score (nSPS) is 15.4. The van der Waals surface area contributed by atoms with Crippen molar-refractivity contribution in [3.63, 3.8) is 0 Å². The number of sulfonamides is 1. The number of ether oxygens (including phenoxy) is 1. The number of nitrogens with zero attached hydrogens (tertiary/aromatic N) is 1. The van der Waals surface area contributed by atoms with Crippen molar-refractivity contribution in [3.8, 4) is 5.75 Å². The maximum Gasteiger partial charge on any atom is 0.244 e. The zero-order valence-corrected chi connectivity index (χ0v) is 20.6. The van der Waals surface area contributed by atoms with Gasteiger partial charge >= 0.3 is 0 Å². The number of fused-ring (bicyclic) bond motifs is 1. The van der Waals surface area contributed by atoms with E-state index in [1.54, 1.807) is 19.1 Å². The summed E-state index contributed by atoms with van der Waals surface area (Å²) < 4.78 is 31.4. The molecule has 174 valence electrons. The number of benzene rings is 2. The molecular formula is C24H31ClN2O4S. The molecule has 32 heavy (non-hydrogen) atoms. The van der Waals surface area contributed by atoms with E-state index < -0.39 is 16.1 Å². The lowest BCUT2D eigenvalue weighted by atomic mass is 9.88. The Morgan fingerprint density at radius 1 is 1.16 bits per heavy atom. The summed E-state index contributed by atoms with van der Waals surface area (Å²) in [6.07, 6.45) is 6.34. The van der Waals surface area contributed by atoms with Crippen LogP contribution < -0.4 is 14.4 Å². The summed E-state index contributed by atoms with van der Waals surface area (Å²) in [6, 6.07) is 9.92. The Morgan fingerprint density at radius 2 is 1.84 bits per heavy atom. The van der Waals surface area contributed by atoms with Gasteiger partial charge in [-0.05, 0) is 73.9 Å². The molecule has 0 heterocycles. The smallest absolute Gasteiger partial charge is 0.244 e. The van der Waals surface area contributed by atoms with Crippen molar-refractivity contribution in [1.29, 1.82) is 0 Å². The molecule has 1 N–H and O–H groups in total. The average molecular weight is 479 g/mol. The van der Waals surface area contributed by atoms with Gasteiger partial charge in [0.15, 0.2) is 0 Å². The van der Waals surface area contributed by atoms with Gasteiger partial charge in [0.1, 0.15) is 11.8 Å². The first-order valence-electron chi connectivity index (χ1n) is 10.9. The molecule has 0 unspecified atom stereocenters. The summed E-state index contributed by atoms with van der Waals surface area (Å²) in [5.41, 5.74) is 4.09. The van der Waals surface area contributed by atoms with Crippen LogP contribution >= 0.6 is 11.6 Å². The van der Waals surface area contributed by atoms with Gasteiger partial charge in [-0.1, -0.05) is 36.7 Å². The largest absolute Gasteiger partial charge is 0.495 e. The number of carbonyl (C=O) groups is 1. The quantitative estimate of drug-likeness (QED) is 0.599. The standard InChI is InChI=1S/C24H31ClN2O4S/c1-5-22(19-11-10-17-8-6-7-9-18(17)14-19)26-24(28)16(2)27(32(4,29)30)20-12-13-23(31-3)21(25)15-20/h10-16,22H,5-9H2,1-4H3,(H,26,28)/t16-,22-/m1/s1. The number of nitrogens with one attached hydrogen (secondary N) is 1. The molecule has 0 aromatic heterocycles. The Balaban J connectivity index is 1.84. The van der Waals surface area contributed by atoms with Crippen LogP contribution in [-0.4, -0.2) is 33.7 Å². The molecule has 2 atom stereocenters. The van der Waals surface area contributed by atoms with Gasteiger partial charge in [0.25, 0.3) is 0 Å². The fourth-order valence-electron chi connectivity index (χ4n) is 4.28. The SMILES string of the molecule is CC[C@@H](NC(=O)[C@@H](C)N(c1ccc(OC)c(Cl)c1)S(C)(=O)=O)c1ccc2c(c1)CCCC2. The second kappa shape index (κ2) is 10.1. The number of anilines is 1. The number of hydrogen-bond acceptors (Lipinski definition) is 4. The third kappa shape index (κ3) is 5.38. The van der Waals surface area contributed by atoms with E-state index in [0.717, 1.165) is 29.0 Å². The molecule has 2 aromatic rings. The molecule has 0 saturated carbocycles. The molecule has 0 saturated heterocycles. The van der Waals surface area contributed by atoms with Crippen LogP contribution in [-0.2, 0) is 27.7 Å². The van der Waals surface area contributed by atoms with E-state index in [0.29, 0.717) is 17.9 Å². The topological polar surface area (TPSA) is 75.7 Å². The summed E-state index contributed by atoms with van der Waals surface area (Å²) in [7, 11) is -2.26. The van der Waals surface area contributed by atoms with Gasteiger partial charge in [-0.2, -0.15) is 0 Å². The zero-order valence-electron chi connectivity index (χ0n) is 19.0. The number of hydrogen-bond donors (Lipinski definition) is 1. The number of methoxy groups -OCH3 is 1. The molecule has 1 aliphatic rings. The van der Waals surface area contributed by atoms with E-state index >= 15 is 0 Å². The Morgan fingerprint density at radius 3 is 2.44 bits per heavy atom. The van der Waals surface area contributed by atoms with Crippen molar-refractivity contribution in [2.24, 2.45) is 0 Å². The lowest BCUT2D eigenvalue weighted by Crippen LogP contribution is -2.48. The molecule has 0 bridgehead atoms. The number of carbonyl (C=O) groups excluding carboxylic acids is 1. The molecule has 0 fully saturated rings. The predicted molar refractivity (Wildman–Crippen MR) is 129 cm³/mol. The summed E-state index contributed by atoms with van der Waals surface area (Å²) in [5, 5.41) is 3.32. The van der Waals surface area contributed by atoms with Gasteiger partial charge in [-0.25, -0.2) is 8.42 Å². The van der Waals surface area contributed by atoms with Gasteiger partial charge in [-0.15, -0.1) is 0 Å². The van der Waals surface area contributed by atoms with E-state index in [9.17, 15) is 13.2 Å². The van der Waals surface area contributed by atoms with Crippen LogP contribution in [0.3, 0.4) is 0 Å². The molecule has 1 amide bonds. The number of amides is 1. The highest BCUT2D eigenvalue weighted by Crippen LogP contribution is 2.32. The summed E-state index contributed by atoms with van der Waals surface area (Å²) in [5.74, 6) is 0.0614. The van der Waals surface area contributed by atoms with Gasteiger partial charge in [-0.3, -0.25) is 9.10 Å². The minimum atomic E-state index is -3.74. The highest BCUT2D eigenvalue weighted by atomic mass is 35.5. The van der Waals surface area contributed by atoms with Gasteiger partial charge < -0.3 is 10.1 Å². The Labute approximate surface area is 196 Å².